The number of ether oxygens (including phenoxy) is 1. The molecule has 1 fully saturated rings. The monoisotopic (exact) mass is 468 g/mol. The number of aryl methyl sites for hydroxylation is 1. The fourth-order valence-corrected chi connectivity index (χ4v) is 3.55. The number of nitrogen functional groups attached to an aromatic ring is 1. The summed E-state index contributed by atoms with van der Waals surface area (Å²) in [6.45, 7) is 2.70. The SMILES string of the molecule is Cc1cc(NC(=O)C(O)c2cc(F)cc(F)c2)ccc1-c1cnc(N)c(C(=O)NC2COC2)c1. The third-order valence-electron chi connectivity index (χ3n) is 5.39. The van der Waals surface area contributed by atoms with Crippen molar-refractivity contribution in [1.82, 2.24) is 10.3 Å². The van der Waals surface area contributed by atoms with Crippen molar-refractivity contribution in [1.29, 1.82) is 0 Å². The molecule has 2 amide bonds. The minimum Gasteiger partial charge on any atom is -0.383 e. The maximum absolute atomic E-state index is 13.4. The average Bonchev–Trinajstić information content (AvgIpc) is 2.75. The number of aliphatic hydroxyl groups excluding tert-OH is 1. The van der Waals surface area contributed by atoms with Gasteiger partial charge in [0, 0.05) is 23.5 Å². The summed E-state index contributed by atoms with van der Waals surface area (Å²) >= 11 is 0. The molecule has 0 spiro atoms. The van der Waals surface area contributed by atoms with Gasteiger partial charge >= 0.3 is 0 Å². The second-order valence-corrected chi connectivity index (χ2v) is 7.99. The number of aromatic nitrogens is 1. The van der Waals surface area contributed by atoms with Crippen LogP contribution in [0.15, 0.2) is 48.7 Å². The van der Waals surface area contributed by atoms with Crippen LogP contribution in [-0.2, 0) is 9.53 Å². The normalized spacial score (nSPS) is 14.2. The van der Waals surface area contributed by atoms with Crippen LogP contribution in [0, 0.1) is 18.6 Å². The van der Waals surface area contributed by atoms with Crippen molar-refractivity contribution in [2.24, 2.45) is 0 Å². The van der Waals surface area contributed by atoms with E-state index in [-0.39, 0.29) is 28.9 Å². The van der Waals surface area contributed by atoms with Crippen LogP contribution >= 0.6 is 0 Å². The van der Waals surface area contributed by atoms with Crippen molar-refractivity contribution < 1.29 is 28.2 Å². The quantitative estimate of drug-likeness (QED) is 0.441. The van der Waals surface area contributed by atoms with E-state index in [1.54, 1.807) is 37.4 Å². The van der Waals surface area contributed by atoms with Gasteiger partial charge in [-0.05, 0) is 53.9 Å². The molecule has 10 heteroatoms. The molecule has 8 nitrogen and oxygen atoms in total. The van der Waals surface area contributed by atoms with E-state index in [1.807, 2.05) is 0 Å². The van der Waals surface area contributed by atoms with Gasteiger partial charge in [-0.3, -0.25) is 9.59 Å². The zero-order chi connectivity index (χ0) is 24.4. The molecule has 34 heavy (non-hydrogen) atoms. The van der Waals surface area contributed by atoms with E-state index < -0.39 is 23.6 Å². The summed E-state index contributed by atoms with van der Waals surface area (Å²) in [6, 6.07) is 8.99. The van der Waals surface area contributed by atoms with E-state index in [0.717, 1.165) is 23.3 Å². The number of nitrogens with one attached hydrogen (secondary N) is 2. The Kier molecular flexibility index (Phi) is 6.53. The van der Waals surface area contributed by atoms with Crippen LogP contribution in [-0.4, -0.2) is 41.2 Å². The lowest BCUT2D eigenvalue weighted by atomic mass is 9.99. The predicted molar refractivity (Wildman–Crippen MR) is 121 cm³/mol. The standard InChI is InChI=1S/C24H22F2N4O4/c1-12-4-17(29-24(33)21(31)13-5-15(25)8-16(26)6-13)2-3-19(12)14-7-20(22(27)28-9-14)23(32)30-18-10-34-11-18/h2-9,18,21,31H,10-11H2,1H3,(H2,27,28)(H,29,33)(H,30,32). The molecule has 0 aliphatic carbocycles. The molecule has 3 aromatic rings. The van der Waals surface area contributed by atoms with Crippen LogP contribution in [0.4, 0.5) is 20.3 Å². The molecular weight excluding hydrogens is 446 g/mol. The van der Waals surface area contributed by atoms with Gasteiger partial charge in [-0.2, -0.15) is 0 Å². The number of amides is 2. The minimum absolute atomic E-state index is 0.0561. The highest BCUT2D eigenvalue weighted by Gasteiger charge is 2.23. The zero-order valence-electron chi connectivity index (χ0n) is 18.1. The van der Waals surface area contributed by atoms with E-state index in [1.165, 1.54) is 0 Å². The van der Waals surface area contributed by atoms with Crippen molar-refractivity contribution in [3.05, 3.63) is 77.0 Å². The topological polar surface area (TPSA) is 127 Å². The summed E-state index contributed by atoms with van der Waals surface area (Å²) < 4.78 is 31.9. The highest BCUT2D eigenvalue weighted by atomic mass is 19.1. The number of carbonyl (C=O) groups is 2. The predicted octanol–water partition coefficient (Wildman–Crippen LogP) is 2.72. The van der Waals surface area contributed by atoms with Crippen LogP contribution in [0.3, 0.4) is 0 Å². The number of anilines is 2. The van der Waals surface area contributed by atoms with Crippen LogP contribution in [0.1, 0.15) is 27.6 Å². The number of nitrogens with two attached hydrogens (primary N) is 1. The van der Waals surface area contributed by atoms with Crippen LogP contribution < -0.4 is 16.4 Å². The third kappa shape index (κ3) is 5.03. The molecule has 1 aromatic heterocycles. The van der Waals surface area contributed by atoms with Crippen molar-refractivity contribution in [2.45, 2.75) is 19.1 Å². The molecule has 2 aromatic carbocycles. The fraction of sp³-hybridized carbons (Fsp3) is 0.208. The van der Waals surface area contributed by atoms with E-state index in [4.69, 9.17) is 10.5 Å². The molecule has 2 heterocycles. The zero-order valence-corrected chi connectivity index (χ0v) is 18.1. The van der Waals surface area contributed by atoms with E-state index in [0.29, 0.717) is 30.5 Å². The van der Waals surface area contributed by atoms with Crippen molar-refractivity contribution >= 4 is 23.3 Å². The lowest BCUT2D eigenvalue weighted by Gasteiger charge is -2.27. The van der Waals surface area contributed by atoms with Gasteiger partial charge < -0.3 is 26.2 Å². The van der Waals surface area contributed by atoms with Crippen molar-refractivity contribution in [3.8, 4) is 11.1 Å². The fourth-order valence-electron chi connectivity index (χ4n) is 3.55. The Balaban J connectivity index is 1.51. The van der Waals surface area contributed by atoms with E-state index >= 15 is 0 Å². The number of hydrogen-bond donors (Lipinski definition) is 4. The number of hydrogen-bond acceptors (Lipinski definition) is 6. The first-order valence-corrected chi connectivity index (χ1v) is 10.4. The molecule has 0 saturated carbocycles. The van der Waals surface area contributed by atoms with Gasteiger partial charge in [-0.1, -0.05) is 6.07 Å². The van der Waals surface area contributed by atoms with Crippen LogP contribution in [0.25, 0.3) is 11.1 Å². The van der Waals surface area contributed by atoms with Crippen LogP contribution in [0.2, 0.25) is 0 Å². The first-order chi connectivity index (χ1) is 16.2. The van der Waals surface area contributed by atoms with Crippen LogP contribution in [0.5, 0.6) is 0 Å². The summed E-state index contributed by atoms with van der Waals surface area (Å²) in [5.41, 5.74) is 8.45. The first kappa shape index (κ1) is 23.3. The number of benzene rings is 2. The van der Waals surface area contributed by atoms with Gasteiger partial charge in [-0.15, -0.1) is 0 Å². The summed E-state index contributed by atoms with van der Waals surface area (Å²) in [4.78, 5) is 29.1. The number of halogens is 2. The molecule has 4 rings (SSSR count). The number of nitrogens with zero attached hydrogens (tertiary/aromatic N) is 1. The highest BCUT2D eigenvalue weighted by Crippen LogP contribution is 2.28. The molecular formula is C24H22F2N4O4. The lowest BCUT2D eigenvalue weighted by Crippen LogP contribution is -2.48. The number of pyridine rings is 1. The maximum Gasteiger partial charge on any atom is 0.257 e. The van der Waals surface area contributed by atoms with Gasteiger partial charge in [0.05, 0.1) is 24.8 Å². The van der Waals surface area contributed by atoms with Gasteiger partial charge in [0.2, 0.25) is 0 Å². The molecule has 0 bridgehead atoms. The Hall–Kier alpha value is -3.89. The molecule has 1 atom stereocenters. The Bertz CT molecular complexity index is 1240. The smallest absolute Gasteiger partial charge is 0.257 e. The average molecular weight is 468 g/mol. The number of carbonyl (C=O) groups excluding carboxylic acids is 2. The molecule has 1 aliphatic heterocycles. The summed E-state index contributed by atoms with van der Waals surface area (Å²) in [6.07, 6.45) is -0.213. The minimum atomic E-state index is -1.76. The van der Waals surface area contributed by atoms with Crippen molar-refractivity contribution in [2.75, 3.05) is 24.3 Å². The molecule has 1 unspecified atom stereocenters. The molecule has 176 valence electrons. The Morgan fingerprint density at radius 1 is 1.15 bits per heavy atom. The first-order valence-electron chi connectivity index (χ1n) is 10.4. The second kappa shape index (κ2) is 9.54. The van der Waals surface area contributed by atoms with Gasteiger partial charge in [0.15, 0.2) is 6.10 Å². The molecule has 5 N–H and O–H groups in total. The van der Waals surface area contributed by atoms with E-state index in [2.05, 4.69) is 15.6 Å². The molecule has 0 radical (unpaired) electrons. The van der Waals surface area contributed by atoms with Crippen molar-refractivity contribution in [3.63, 3.8) is 0 Å². The van der Waals surface area contributed by atoms with Gasteiger partial charge in [-0.25, -0.2) is 13.8 Å². The summed E-state index contributed by atoms with van der Waals surface area (Å²) in [5, 5.41) is 15.5. The van der Waals surface area contributed by atoms with Gasteiger partial charge in [0.25, 0.3) is 11.8 Å². The Morgan fingerprint density at radius 2 is 1.85 bits per heavy atom. The largest absolute Gasteiger partial charge is 0.383 e. The molecule has 1 saturated heterocycles. The Morgan fingerprint density at radius 3 is 2.47 bits per heavy atom. The number of rotatable bonds is 6. The lowest BCUT2D eigenvalue weighted by molar-refractivity contribution is -0.124. The number of aliphatic hydroxyl groups is 1. The summed E-state index contributed by atoms with van der Waals surface area (Å²) in [5.74, 6) is -2.87. The second-order valence-electron chi connectivity index (χ2n) is 7.99. The Labute approximate surface area is 193 Å². The maximum atomic E-state index is 13.4. The molecule has 1 aliphatic rings. The third-order valence-corrected chi connectivity index (χ3v) is 5.39. The summed E-state index contributed by atoms with van der Waals surface area (Å²) in [7, 11) is 0. The highest BCUT2D eigenvalue weighted by molar-refractivity contribution is 6.00. The van der Waals surface area contributed by atoms with E-state index in [9.17, 15) is 23.5 Å². The van der Waals surface area contributed by atoms with Gasteiger partial charge in [0.1, 0.15) is 17.5 Å².